The average molecular weight is 539 g/mol. The number of ether oxygens (including phenoxy) is 2. The van der Waals surface area contributed by atoms with E-state index in [1.54, 1.807) is 43.5 Å². The van der Waals surface area contributed by atoms with Crippen molar-refractivity contribution in [1.29, 1.82) is 0 Å². The molecule has 0 aliphatic heterocycles. The lowest BCUT2D eigenvalue weighted by atomic mass is 9.86. The van der Waals surface area contributed by atoms with E-state index in [1.165, 1.54) is 0 Å². The molecule has 176 valence electrons. The van der Waals surface area contributed by atoms with E-state index >= 15 is 0 Å². The Morgan fingerprint density at radius 2 is 1.31 bits per heavy atom. The van der Waals surface area contributed by atoms with Crippen molar-refractivity contribution in [1.82, 2.24) is 0 Å². The summed E-state index contributed by atoms with van der Waals surface area (Å²) in [5.74, 6) is 0.375. The van der Waals surface area contributed by atoms with E-state index in [-0.39, 0.29) is 11.1 Å². The van der Waals surface area contributed by atoms with Crippen molar-refractivity contribution in [3.05, 3.63) is 88.4 Å². The number of rotatable bonds is 5. The number of nitrogens with two attached hydrogens (primary N) is 2. The fourth-order valence-corrected chi connectivity index (χ4v) is 5.55. The summed E-state index contributed by atoms with van der Waals surface area (Å²) in [4.78, 5) is 25.1. The molecular formula is C29H19BrN2O4. The first kappa shape index (κ1) is 22.1. The molecule has 6 aromatic carbocycles. The molecular weight excluding hydrogens is 520 g/mol. The first-order chi connectivity index (χ1) is 17.4. The van der Waals surface area contributed by atoms with E-state index in [0.29, 0.717) is 28.0 Å². The van der Waals surface area contributed by atoms with Crippen LogP contribution in [0.3, 0.4) is 0 Å². The number of hydrogen-bond acceptors (Lipinski definition) is 4. The van der Waals surface area contributed by atoms with Crippen LogP contribution in [0.15, 0.2) is 77.3 Å². The van der Waals surface area contributed by atoms with Crippen LogP contribution in [0.25, 0.3) is 43.1 Å². The SMILES string of the molecule is COc1ccc(Oc2cc(C(N)=O)c3c(C(N)=O)ccc4c5ccc(Br)c6cccc(c2c34)c65)cc1. The van der Waals surface area contributed by atoms with Gasteiger partial charge in [0.25, 0.3) is 0 Å². The molecule has 4 N–H and O–H groups in total. The van der Waals surface area contributed by atoms with Gasteiger partial charge in [0.2, 0.25) is 11.8 Å². The number of amides is 2. The van der Waals surface area contributed by atoms with Gasteiger partial charge in [0.1, 0.15) is 17.2 Å². The van der Waals surface area contributed by atoms with Crippen molar-refractivity contribution in [2.75, 3.05) is 7.11 Å². The van der Waals surface area contributed by atoms with Crippen molar-refractivity contribution in [3.8, 4) is 17.2 Å². The Kier molecular flexibility index (Phi) is 4.98. The maximum absolute atomic E-state index is 12.7. The topological polar surface area (TPSA) is 105 Å². The van der Waals surface area contributed by atoms with Gasteiger partial charge in [0, 0.05) is 26.2 Å². The largest absolute Gasteiger partial charge is 0.497 e. The van der Waals surface area contributed by atoms with Gasteiger partial charge in [-0.15, -0.1) is 0 Å². The Balaban J connectivity index is 1.84. The number of fused-ring (bicyclic) bond motifs is 2. The smallest absolute Gasteiger partial charge is 0.249 e. The van der Waals surface area contributed by atoms with Crippen molar-refractivity contribution in [2.24, 2.45) is 11.5 Å². The fraction of sp³-hybridized carbons (Fsp3) is 0.0345. The molecule has 0 aromatic heterocycles. The Morgan fingerprint density at radius 3 is 2.00 bits per heavy atom. The average Bonchev–Trinajstić information content (AvgIpc) is 2.88. The van der Waals surface area contributed by atoms with Gasteiger partial charge < -0.3 is 20.9 Å². The molecule has 0 saturated heterocycles. The van der Waals surface area contributed by atoms with Crippen molar-refractivity contribution in [3.63, 3.8) is 0 Å². The van der Waals surface area contributed by atoms with Crippen LogP contribution in [-0.4, -0.2) is 18.9 Å². The fourth-order valence-electron chi connectivity index (χ4n) is 5.09. The van der Waals surface area contributed by atoms with Crippen LogP contribution in [0.5, 0.6) is 17.2 Å². The monoisotopic (exact) mass is 538 g/mol. The summed E-state index contributed by atoms with van der Waals surface area (Å²) in [5, 5.41) is 6.74. The zero-order valence-electron chi connectivity index (χ0n) is 19.1. The molecule has 0 bridgehead atoms. The maximum atomic E-state index is 12.7. The van der Waals surface area contributed by atoms with Crippen molar-refractivity contribution in [2.45, 2.75) is 0 Å². The van der Waals surface area contributed by atoms with E-state index in [1.807, 2.05) is 36.4 Å². The molecule has 0 radical (unpaired) electrons. The molecule has 0 fully saturated rings. The van der Waals surface area contributed by atoms with Gasteiger partial charge >= 0.3 is 0 Å². The quantitative estimate of drug-likeness (QED) is 0.193. The second kappa shape index (κ2) is 8.10. The number of primary amides is 2. The number of benzene rings is 6. The highest BCUT2D eigenvalue weighted by molar-refractivity contribution is 9.10. The van der Waals surface area contributed by atoms with Crippen LogP contribution in [0, 0.1) is 0 Å². The van der Waals surface area contributed by atoms with Gasteiger partial charge in [0.15, 0.2) is 0 Å². The highest BCUT2D eigenvalue weighted by Gasteiger charge is 2.24. The van der Waals surface area contributed by atoms with Gasteiger partial charge in [-0.1, -0.05) is 46.3 Å². The van der Waals surface area contributed by atoms with Crippen LogP contribution in [-0.2, 0) is 0 Å². The molecule has 0 unspecified atom stereocenters. The molecule has 0 heterocycles. The number of carbonyl (C=O) groups is 2. The molecule has 6 rings (SSSR count). The van der Waals surface area contributed by atoms with Crippen LogP contribution < -0.4 is 20.9 Å². The summed E-state index contributed by atoms with van der Waals surface area (Å²) >= 11 is 3.68. The van der Waals surface area contributed by atoms with E-state index in [2.05, 4.69) is 15.9 Å². The van der Waals surface area contributed by atoms with Crippen LogP contribution in [0.4, 0.5) is 0 Å². The van der Waals surface area contributed by atoms with Gasteiger partial charge in [-0.3, -0.25) is 9.59 Å². The molecule has 6 aromatic rings. The van der Waals surface area contributed by atoms with Gasteiger partial charge in [-0.25, -0.2) is 0 Å². The van der Waals surface area contributed by atoms with Crippen LogP contribution in [0.2, 0.25) is 0 Å². The number of hydrogen-bond donors (Lipinski definition) is 2. The molecule has 0 spiro atoms. The lowest BCUT2D eigenvalue weighted by Gasteiger charge is -2.20. The van der Waals surface area contributed by atoms with E-state index < -0.39 is 11.8 Å². The standard InChI is InChI=1S/C29H19BrN2O4/c1-35-14-5-7-15(8-6-14)36-23-13-21(29(32)34)25-20(28(31)33)10-9-17-16-11-12-22(30)18-3-2-4-19(24(16)18)26(23)27(17)25/h2-13H,1H3,(H2,31,33)(H2,32,34). The highest BCUT2D eigenvalue weighted by atomic mass is 79.9. The molecule has 0 saturated carbocycles. The van der Waals surface area contributed by atoms with E-state index in [4.69, 9.17) is 20.9 Å². The second-order valence-corrected chi connectivity index (χ2v) is 9.39. The van der Waals surface area contributed by atoms with Crippen molar-refractivity contribution >= 4 is 70.8 Å². The molecule has 36 heavy (non-hydrogen) atoms. The van der Waals surface area contributed by atoms with E-state index in [9.17, 15) is 9.59 Å². The van der Waals surface area contributed by atoms with Crippen molar-refractivity contribution < 1.29 is 19.1 Å². The third-order valence-electron chi connectivity index (χ3n) is 6.61. The summed E-state index contributed by atoms with van der Waals surface area (Å²) in [6.07, 6.45) is 0. The minimum atomic E-state index is -0.680. The molecule has 7 heteroatoms. The Labute approximate surface area is 213 Å². The lowest BCUT2D eigenvalue weighted by molar-refractivity contribution is 0.0998. The van der Waals surface area contributed by atoms with Gasteiger partial charge in [0.05, 0.1) is 12.7 Å². The predicted octanol–water partition coefficient (Wildman–Crippen LogP) is 6.50. The minimum Gasteiger partial charge on any atom is -0.497 e. The highest BCUT2D eigenvalue weighted by Crippen LogP contribution is 2.48. The zero-order valence-corrected chi connectivity index (χ0v) is 20.7. The minimum absolute atomic E-state index is 0.167. The predicted molar refractivity (Wildman–Crippen MR) is 145 cm³/mol. The first-order valence-electron chi connectivity index (χ1n) is 11.2. The molecule has 6 nitrogen and oxygen atoms in total. The third-order valence-corrected chi connectivity index (χ3v) is 7.30. The van der Waals surface area contributed by atoms with Crippen LogP contribution >= 0.6 is 15.9 Å². The lowest BCUT2D eigenvalue weighted by Crippen LogP contribution is -2.17. The third kappa shape index (κ3) is 3.17. The van der Waals surface area contributed by atoms with E-state index in [0.717, 1.165) is 36.8 Å². The zero-order chi connectivity index (χ0) is 25.1. The number of halogens is 1. The summed E-state index contributed by atoms with van der Waals surface area (Å²) in [7, 11) is 1.59. The number of carbonyl (C=O) groups excluding carboxylic acids is 2. The second-order valence-electron chi connectivity index (χ2n) is 8.54. The molecule has 0 aliphatic rings. The van der Waals surface area contributed by atoms with Gasteiger partial charge in [-0.05, 0) is 69.4 Å². The summed E-state index contributed by atoms with van der Waals surface area (Å²) in [6, 6.07) is 22.3. The number of methoxy groups -OCH3 is 1. The normalized spacial score (nSPS) is 11.5. The van der Waals surface area contributed by atoms with Gasteiger partial charge in [-0.2, -0.15) is 0 Å². The Bertz CT molecular complexity index is 1860. The summed E-state index contributed by atoms with van der Waals surface area (Å²) < 4.78 is 12.6. The summed E-state index contributed by atoms with van der Waals surface area (Å²) in [5.41, 5.74) is 12.0. The molecule has 2 amide bonds. The summed E-state index contributed by atoms with van der Waals surface area (Å²) in [6.45, 7) is 0. The molecule has 0 atom stereocenters. The molecule has 0 aliphatic carbocycles. The van der Waals surface area contributed by atoms with Crippen LogP contribution in [0.1, 0.15) is 20.7 Å². The maximum Gasteiger partial charge on any atom is 0.249 e. The first-order valence-corrected chi connectivity index (χ1v) is 12.0. The Hall–Kier alpha value is -4.36. The Morgan fingerprint density at radius 1 is 0.667 bits per heavy atom.